The number of alkyl halides is 1. The van der Waals surface area contributed by atoms with E-state index < -0.39 is 11.0 Å². The van der Waals surface area contributed by atoms with Crippen molar-refractivity contribution < 1.29 is 14.3 Å². The number of hydrogen-bond donors (Lipinski definition) is 1. The Morgan fingerprint density at radius 2 is 2.43 bits per heavy atom. The Morgan fingerprint density at radius 3 is 2.93 bits per heavy atom. The van der Waals surface area contributed by atoms with Gasteiger partial charge in [-0.1, -0.05) is 23.9 Å². The molecular formula is C9H7FO2S2. The van der Waals surface area contributed by atoms with E-state index in [2.05, 4.69) is 0 Å². The molecule has 0 saturated heterocycles. The number of hydrogen-bond acceptors (Lipinski definition) is 3. The molecule has 2 atom stereocenters. The van der Waals surface area contributed by atoms with Crippen molar-refractivity contribution in [3.05, 3.63) is 34.5 Å². The summed E-state index contributed by atoms with van der Waals surface area (Å²) in [5.74, 6) is -1.43. The van der Waals surface area contributed by atoms with Gasteiger partial charge in [-0.2, -0.15) is 0 Å². The van der Waals surface area contributed by atoms with Gasteiger partial charge in [-0.25, -0.2) is 9.18 Å². The number of thiophene rings is 1. The minimum absolute atomic E-state index is 0.170. The maximum absolute atomic E-state index is 13.6. The molecule has 2 heterocycles. The third-order valence-electron chi connectivity index (χ3n) is 1.90. The molecule has 2 unspecified atom stereocenters. The van der Waals surface area contributed by atoms with Crippen LogP contribution in [0, 0.1) is 0 Å². The lowest BCUT2D eigenvalue weighted by atomic mass is 10.3. The second-order valence-electron chi connectivity index (χ2n) is 2.86. The fourth-order valence-corrected chi connectivity index (χ4v) is 3.18. The average Bonchev–Trinajstić information content (AvgIpc) is 2.72. The van der Waals surface area contributed by atoms with E-state index in [1.165, 1.54) is 11.3 Å². The van der Waals surface area contributed by atoms with Crippen molar-refractivity contribution in [1.29, 1.82) is 0 Å². The van der Waals surface area contributed by atoms with Gasteiger partial charge in [-0.05, 0) is 17.5 Å². The van der Waals surface area contributed by atoms with Crippen molar-refractivity contribution >= 4 is 29.1 Å². The molecule has 2 rings (SSSR count). The van der Waals surface area contributed by atoms with Crippen molar-refractivity contribution in [1.82, 2.24) is 0 Å². The Bertz CT molecular complexity index is 374. The van der Waals surface area contributed by atoms with Crippen molar-refractivity contribution in [2.45, 2.75) is 10.3 Å². The molecule has 0 radical (unpaired) electrons. The minimum atomic E-state index is -2.26. The molecule has 0 fully saturated rings. The van der Waals surface area contributed by atoms with Crippen LogP contribution in [0.4, 0.5) is 4.39 Å². The van der Waals surface area contributed by atoms with Crippen molar-refractivity contribution in [3.8, 4) is 0 Å². The fraction of sp³-hybridized carbons (Fsp3) is 0.222. The number of aliphatic carboxylic acids is 1. The normalized spacial score (nSPS) is 30.8. The lowest BCUT2D eigenvalue weighted by molar-refractivity contribution is -0.142. The number of carboxylic acid groups (broad SMARTS) is 1. The Labute approximate surface area is 88.4 Å². The minimum Gasteiger partial charge on any atom is -0.478 e. The van der Waals surface area contributed by atoms with Crippen LogP contribution in [0.5, 0.6) is 0 Å². The smallest absolute Gasteiger partial charge is 0.356 e. The van der Waals surface area contributed by atoms with Crippen molar-refractivity contribution in [3.63, 3.8) is 0 Å². The summed E-state index contributed by atoms with van der Waals surface area (Å²) in [6.45, 7) is 0. The van der Waals surface area contributed by atoms with E-state index >= 15 is 0 Å². The van der Waals surface area contributed by atoms with Crippen LogP contribution in [0.2, 0.25) is 0 Å². The fourth-order valence-electron chi connectivity index (χ4n) is 1.20. The molecule has 1 aliphatic heterocycles. The van der Waals surface area contributed by atoms with Gasteiger partial charge in [0.1, 0.15) is 0 Å². The molecule has 5 heteroatoms. The molecule has 0 bridgehead atoms. The van der Waals surface area contributed by atoms with Gasteiger partial charge < -0.3 is 5.11 Å². The van der Waals surface area contributed by atoms with Gasteiger partial charge in [0.2, 0.25) is 0 Å². The van der Waals surface area contributed by atoms with Crippen molar-refractivity contribution in [2.24, 2.45) is 0 Å². The topological polar surface area (TPSA) is 37.3 Å². The lowest BCUT2D eigenvalue weighted by Crippen LogP contribution is -2.25. The number of rotatable bonds is 2. The second-order valence-corrected chi connectivity index (χ2v) is 5.18. The molecule has 2 nitrogen and oxygen atoms in total. The standard InChI is InChI=1S/C9H7FO2S2/c10-9(8(11)12)4-3-7(14-9)6-2-1-5-13-6/h1-5,7H,(H,11,12). The van der Waals surface area contributed by atoms with Gasteiger partial charge in [0.05, 0.1) is 5.25 Å². The summed E-state index contributed by atoms with van der Waals surface area (Å²) in [4.78, 5) is 11.6. The largest absolute Gasteiger partial charge is 0.478 e. The molecule has 0 aliphatic carbocycles. The molecule has 0 amide bonds. The first-order chi connectivity index (χ1) is 6.62. The van der Waals surface area contributed by atoms with Gasteiger partial charge in [-0.15, -0.1) is 11.3 Å². The summed E-state index contributed by atoms with van der Waals surface area (Å²) in [6, 6.07) is 3.74. The van der Waals surface area contributed by atoms with Gasteiger partial charge in [0.25, 0.3) is 5.00 Å². The summed E-state index contributed by atoms with van der Waals surface area (Å²) >= 11 is 2.31. The van der Waals surface area contributed by atoms with Crippen LogP contribution < -0.4 is 0 Å². The zero-order valence-corrected chi connectivity index (χ0v) is 8.65. The average molecular weight is 230 g/mol. The number of carbonyl (C=O) groups is 1. The van der Waals surface area contributed by atoms with Crippen LogP contribution in [-0.2, 0) is 4.79 Å². The summed E-state index contributed by atoms with van der Waals surface area (Å²) in [5, 5.41) is 8.11. The summed E-state index contributed by atoms with van der Waals surface area (Å²) in [5.41, 5.74) is 0. The maximum Gasteiger partial charge on any atom is 0.356 e. The van der Waals surface area contributed by atoms with Crippen LogP contribution >= 0.6 is 23.1 Å². The van der Waals surface area contributed by atoms with Crippen LogP contribution in [0.15, 0.2) is 29.7 Å². The molecule has 1 N–H and O–H groups in total. The SMILES string of the molecule is O=C(O)C1(F)C=CC(c2cccs2)S1. The maximum atomic E-state index is 13.6. The third-order valence-corrected chi connectivity index (χ3v) is 4.32. The quantitative estimate of drug-likeness (QED) is 0.794. The molecule has 0 saturated carbocycles. The number of halogens is 1. The third kappa shape index (κ3) is 1.57. The Kier molecular flexibility index (Phi) is 2.36. The Balaban J connectivity index is 2.18. The highest BCUT2D eigenvalue weighted by atomic mass is 32.2. The summed E-state index contributed by atoms with van der Waals surface area (Å²) in [7, 11) is 0. The predicted molar refractivity (Wildman–Crippen MR) is 55.3 cm³/mol. The van der Waals surface area contributed by atoms with E-state index in [1.807, 2.05) is 17.5 Å². The van der Waals surface area contributed by atoms with Gasteiger partial charge >= 0.3 is 5.97 Å². The van der Waals surface area contributed by atoms with E-state index in [1.54, 1.807) is 6.08 Å². The highest BCUT2D eigenvalue weighted by molar-refractivity contribution is 8.02. The zero-order valence-electron chi connectivity index (χ0n) is 7.01. The molecule has 74 valence electrons. The number of carboxylic acids is 1. The van der Waals surface area contributed by atoms with Gasteiger partial charge in [-0.3, -0.25) is 0 Å². The van der Waals surface area contributed by atoms with E-state index in [0.717, 1.165) is 22.7 Å². The van der Waals surface area contributed by atoms with E-state index in [9.17, 15) is 9.18 Å². The van der Waals surface area contributed by atoms with Crippen molar-refractivity contribution in [2.75, 3.05) is 0 Å². The highest BCUT2D eigenvalue weighted by Crippen LogP contribution is 2.48. The number of thioether (sulfide) groups is 1. The predicted octanol–water partition coefficient (Wildman–Crippen LogP) is 2.84. The van der Waals surface area contributed by atoms with E-state index in [0.29, 0.717) is 0 Å². The lowest BCUT2D eigenvalue weighted by Gasteiger charge is -2.12. The summed E-state index contributed by atoms with van der Waals surface area (Å²) in [6.07, 6.45) is 2.72. The monoisotopic (exact) mass is 230 g/mol. The second kappa shape index (κ2) is 3.40. The van der Waals surface area contributed by atoms with E-state index in [-0.39, 0.29) is 5.25 Å². The van der Waals surface area contributed by atoms with E-state index in [4.69, 9.17) is 5.11 Å². The van der Waals surface area contributed by atoms with Crippen LogP contribution in [-0.4, -0.2) is 16.1 Å². The van der Waals surface area contributed by atoms with Crippen LogP contribution in [0.3, 0.4) is 0 Å². The zero-order chi connectivity index (χ0) is 10.2. The van der Waals surface area contributed by atoms with Crippen LogP contribution in [0.25, 0.3) is 0 Å². The summed E-state index contributed by atoms with van der Waals surface area (Å²) < 4.78 is 13.6. The first kappa shape index (κ1) is 9.73. The molecule has 0 spiro atoms. The molecule has 1 aromatic heterocycles. The molecule has 1 aliphatic rings. The van der Waals surface area contributed by atoms with Gasteiger partial charge in [0.15, 0.2) is 0 Å². The first-order valence-corrected chi connectivity index (χ1v) is 5.71. The first-order valence-electron chi connectivity index (χ1n) is 3.95. The Hall–Kier alpha value is -0.810. The van der Waals surface area contributed by atoms with Gasteiger partial charge in [0, 0.05) is 4.88 Å². The Morgan fingerprint density at radius 1 is 1.64 bits per heavy atom. The molecule has 0 aromatic carbocycles. The highest BCUT2D eigenvalue weighted by Gasteiger charge is 2.43. The molecule has 1 aromatic rings. The molecular weight excluding hydrogens is 223 g/mol. The molecule has 14 heavy (non-hydrogen) atoms. The van der Waals surface area contributed by atoms with Crippen LogP contribution in [0.1, 0.15) is 10.1 Å².